The van der Waals surface area contributed by atoms with Gasteiger partial charge in [0.25, 0.3) is 5.56 Å². The first-order chi connectivity index (χ1) is 10.9. The molecule has 2 N–H and O–H groups in total. The lowest BCUT2D eigenvalue weighted by molar-refractivity contribution is -0.132. The molecule has 120 valence electrons. The van der Waals surface area contributed by atoms with Crippen LogP contribution in [0.3, 0.4) is 0 Å². The van der Waals surface area contributed by atoms with Crippen LogP contribution in [0.15, 0.2) is 33.4 Å². The molecule has 0 amide bonds. The number of halogens is 1. The van der Waals surface area contributed by atoms with Crippen LogP contribution in [-0.2, 0) is 4.79 Å². The molecule has 1 heterocycles. The van der Waals surface area contributed by atoms with Gasteiger partial charge in [0.15, 0.2) is 11.2 Å². The van der Waals surface area contributed by atoms with Crippen molar-refractivity contribution in [3.63, 3.8) is 0 Å². The lowest BCUT2D eigenvalue weighted by Crippen LogP contribution is -2.11. The van der Waals surface area contributed by atoms with E-state index in [0.29, 0.717) is 5.02 Å². The first-order valence-corrected chi connectivity index (χ1v) is 7.14. The van der Waals surface area contributed by atoms with Crippen LogP contribution in [0.25, 0.3) is 17.0 Å². The normalized spacial score (nSPS) is 11.5. The number of hydrogen-bond donors (Lipinski definition) is 2. The van der Waals surface area contributed by atoms with E-state index < -0.39 is 17.0 Å². The highest BCUT2D eigenvalue weighted by atomic mass is 35.5. The summed E-state index contributed by atoms with van der Waals surface area (Å²) >= 11 is 5.88. The number of nitrogens with one attached hydrogen (secondary N) is 1. The molecule has 0 atom stereocenters. The maximum Gasteiger partial charge on any atom is 0.331 e. The first kappa shape index (κ1) is 16.8. The Morgan fingerprint density at radius 3 is 2.65 bits per heavy atom. The van der Waals surface area contributed by atoms with Gasteiger partial charge in [-0.2, -0.15) is 0 Å². The summed E-state index contributed by atoms with van der Waals surface area (Å²) in [6.45, 7) is 1.64. The van der Waals surface area contributed by atoms with Crippen molar-refractivity contribution in [1.29, 1.82) is 0 Å². The maximum absolute atomic E-state index is 12.7. The van der Waals surface area contributed by atoms with Crippen molar-refractivity contribution in [2.24, 2.45) is 0 Å². The van der Waals surface area contributed by atoms with E-state index in [9.17, 15) is 14.4 Å². The summed E-state index contributed by atoms with van der Waals surface area (Å²) in [4.78, 5) is 38.7. The summed E-state index contributed by atoms with van der Waals surface area (Å²) in [6, 6.07) is 4.44. The Bertz CT molecular complexity index is 930. The van der Waals surface area contributed by atoms with E-state index in [2.05, 4.69) is 4.98 Å². The molecule has 0 fully saturated rings. The summed E-state index contributed by atoms with van der Waals surface area (Å²) in [5, 5.41) is 9.72. The second-order valence-corrected chi connectivity index (χ2v) is 5.18. The number of aromatic nitrogens is 1. The van der Waals surface area contributed by atoms with E-state index >= 15 is 0 Å². The van der Waals surface area contributed by atoms with Crippen molar-refractivity contribution in [3.8, 4) is 5.75 Å². The summed E-state index contributed by atoms with van der Waals surface area (Å²) in [7, 11) is 1.24. The Morgan fingerprint density at radius 1 is 1.39 bits per heavy atom. The number of carboxylic acids is 1. The fourth-order valence-corrected chi connectivity index (χ4v) is 2.36. The van der Waals surface area contributed by atoms with Crippen molar-refractivity contribution < 1.29 is 14.6 Å². The molecular weight excluding hydrogens is 322 g/mol. The highest BCUT2D eigenvalue weighted by Gasteiger charge is 2.15. The summed E-state index contributed by atoms with van der Waals surface area (Å²) in [6.07, 6.45) is 1.37. The van der Waals surface area contributed by atoms with Gasteiger partial charge in [-0.15, -0.1) is 0 Å². The Morgan fingerprint density at radius 2 is 2.09 bits per heavy atom. The van der Waals surface area contributed by atoms with Gasteiger partial charge in [0, 0.05) is 16.0 Å². The maximum atomic E-state index is 12.7. The SMILES string of the molecule is CCC(=Cc1c(OC)c(=O)[nH]c2cc(Cl)ccc2c1=O)C(=O)O. The molecule has 0 unspecified atom stereocenters. The molecule has 1 aromatic heterocycles. The fourth-order valence-electron chi connectivity index (χ4n) is 2.19. The van der Waals surface area contributed by atoms with E-state index in [1.54, 1.807) is 6.92 Å². The predicted octanol–water partition coefficient (Wildman–Crippen LogP) is 2.43. The van der Waals surface area contributed by atoms with E-state index in [1.165, 1.54) is 31.4 Å². The minimum absolute atomic E-state index is 0.00638. The number of fused-ring (bicyclic) bond motifs is 1. The van der Waals surface area contributed by atoms with Crippen molar-refractivity contribution in [2.45, 2.75) is 13.3 Å². The second kappa shape index (κ2) is 6.66. The van der Waals surface area contributed by atoms with Crippen LogP contribution in [0.1, 0.15) is 18.9 Å². The molecule has 0 spiro atoms. The molecule has 1 aromatic carbocycles. The number of H-pyrrole nitrogens is 1. The highest BCUT2D eigenvalue weighted by Crippen LogP contribution is 2.19. The van der Waals surface area contributed by atoms with Gasteiger partial charge in [-0.3, -0.25) is 9.59 Å². The zero-order valence-corrected chi connectivity index (χ0v) is 13.2. The first-order valence-electron chi connectivity index (χ1n) is 6.76. The number of aromatic amines is 1. The number of methoxy groups -OCH3 is 1. The molecule has 6 nitrogen and oxygen atoms in total. The van der Waals surface area contributed by atoms with Gasteiger partial charge in [-0.05, 0) is 30.7 Å². The van der Waals surface area contributed by atoms with Crippen LogP contribution in [0, 0.1) is 0 Å². The summed E-state index contributed by atoms with van der Waals surface area (Å²) in [5.41, 5.74) is -1.02. The molecule has 2 rings (SSSR count). The Hall–Kier alpha value is -2.60. The van der Waals surface area contributed by atoms with Gasteiger partial charge in [0.05, 0.1) is 18.2 Å². The number of rotatable bonds is 4. The average Bonchev–Trinajstić information content (AvgIpc) is 2.59. The lowest BCUT2D eigenvalue weighted by Gasteiger charge is -2.01. The molecule has 0 saturated carbocycles. The molecule has 23 heavy (non-hydrogen) atoms. The summed E-state index contributed by atoms with van der Waals surface area (Å²) < 4.78 is 5.03. The van der Waals surface area contributed by atoms with Crippen molar-refractivity contribution >= 4 is 34.5 Å². The highest BCUT2D eigenvalue weighted by molar-refractivity contribution is 6.31. The quantitative estimate of drug-likeness (QED) is 0.836. The fraction of sp³-hybridized carbons (Fsp3) is 0.188. The van der Waals surface area contributed by atoms with Gasteiger partial charge in [0.2, 0.25) is 0 Å². The molecular formula is C16H14ClNO5. The molecule has 0 aliphatic carbocycles. The van der Waals surface area contributed by atoms with Crippen LogP contribution in [-0.4, -0.2) is 23.2 Å². The van der Waals surface area contributed by atoms with Crippen LogP contribution in [0.4, 0.5) is 0 Å². The number of hydrogen-bond acceptors (Lipinski definition) is 4. The van der Waals surface area contributed by atoms with E-state index in [4.69, 9.17) is 21.4 Å². The van der Waals surface area contributed by atoms with Crippen LogP contribution < -0.4 is 15.7 Å². The Labute approximate surface area is 136 Å². The lowest BCUT2D eigenvalue weighted by atomic mass is 10.1. The van der Waals surface area contributed by atoms with Crippen LogP contribution in [0.2, 0.25) is 5.02 Å². The van der Waals surface area contributed by atoms with Crippen molar-refractivity contribution in [3.05, 3.63) is 54.9 Å². The van der Waals surface area contributed by atoms with Crippen molar-refractivity contribution in [1.82, 2.24) is 4.98 Å². The molecule has 0 saturated heterocycles. The number of ether oxygens (including phenoxy) is 1. The number of carbonyl (C=O) groups is 1. The van der Waals surface area contributed by atoms with Gasteiger partial charge in [-0.25, -0.2) is 4.79 Å². The van der Waals surface area contributed by atoms with Crippen LogP contribution >= 0.6 is 11.6 Å². The van der Waals surface area contributed by atoms with E-state index in [1.807, 2.05) is 0 Å². The second-order valence-electron chi connectivity index (χ2n) is 4.75. The molecule has 2 aromatic rings. The Kier molecular flexibility index (Phi) is 4.86. The van der Waals surface area contributed by atoms with Gasteiger partial charge >= 0.3 is 5.97 Å². The minimum Gasteiger partial charge on any atom is -0.491 e. The monoisotopic (exact) mass is 335 g/mol. The molecule has 0 bridgehead atoms. The largest absolute Gasteiger partial charge is 0.491 e. The minimum atomic E-state index is -1.16. The number of aliphatic carboxylic acids is 1. The van der Waals surface area contributed by atoms with Gasteiger partial charge < -0.3 is 14.8 Å². The number of benzene rings is 1. The zero-order valence-electron chi connectivity index (χ0n) is 12.5. The molecule has 0 aliphatic rings. The molecule has 7 heteroatoms. The predicted molar refractivity (Wildman–Crippen MR) is 88.3 cm³/mol. The van der Waals surface area contributed by atoms with E-state index in [0.717, 1.165) is 0 Å². The van der Waals surface area contributed by atoms with Crippen molar-refractivity contribution in [2.75, 3.05) is 7.11 Å². The Balaban J connectivity index is 3.02. The standard InChI is InChI=1S/C16H14ClNO5/c1-3-8(16(21)22)6-11-13(19)10-5-4-9(17)7-12(10)18-15(20)14(11)23-2/h4-7H,3H2,1-2H3,(H,18,20)(H,21,22). The smallest absolute Gasteiger partial charge is 0.331 e. The summed E-state index contributed by atoms with van der Waals surface area (Å²) in [5.74, 6) is -1.40. The van der Waals surface area contributed by atoms with E-state index in [-0.39, 0.29) is 34.2 Å². The molecule has 0 radical (unpaired) electrons. The van der Waals surface area contributed by atoms with Gasteiger partial charge in [-0.1, -0.05) is 18.5 Å². The third kappa shape index (κ3) is 3.27. The average molecular weight is 336 g/mol. The zero-order chi connectivity index (χ0) is 17.1. The van der Waals surface area contributed by atoms with Crippen LogP contribution in [0.5, 0.6) is 5.75 Å². The van der Waals surface area contributed by atoms with Gasteiger partial charge in [0.1, 0.15) is 0 Å². The molecule has 0 aliphatic heterocycles. The number of carboxylic acid groups (broad SMARTS) is 1. The topological polar surface area (TPSA) is 96.5 Å². The third-order valence-electron chi connectivity index (χ3n) is 3.35. The third-order valence-corrected chi connectivity index (χ3v) is 3.58.